The fourth-order valence-corrected chi connectivity index (χ4v) is 3.81. The molecule has 1 aliphatic carbocycles. The predicted molar refractivity (Wildman–Crippen MR) is 74.9 cm³/mol. The molecule has 1 rings (SSSR count). The number of hydrogen-bond donors (Lipinski definition) is 0. The molecule has 100 valence electrons. The summed E-state index contributed by atoms with van der Waals surface area (Å²) in [4.78, 5) is 11.2. The maximum atomic E-state index is 11.2. The number of hydrogen-bond acceptors (Lipinski definition) is 2. The van der Waals surface area contributed by atoms with Crippen molar-refractivity contribution in [3.8, 4) is 0 Å². The summed E-state index contributed by atoms with van der Waals surface area (Å²) in [7, 11) is 0.539. The van der Waals surface area contributed by atoms with Gasteiger partial charge in [0.25, 0.3) is 5.97 Å². The fraction of sp³-hybridized carbons (Fsp3) is 0.929. The van der Waals surface area contributed by atoms with Gasteiger partial charge in [0.1, 0.15) is 0 Å². The Morgan fingerprint density at radius 2 is 1.88 bits per heavy atom. The van der Waals surface area contributed by atoms with Gasteiger partial charge in [-0.2, -0.15) is 0 Å². The second-order valence-electron chi connectivity index (χ2n) is 5.48. The molecule has 0 aromatic carbocycles. The van der Waals surface area contributed by atoms with Gasteiger partial charge in [-0.1, -0.05) is 39.5 Å². The van der Waals surface area contributed by atoms with Crippen molar-refractivity contribution in [1.82, 2.24) is 0 Å². The third kappa shape index (κ3) is 3.83. The Balaban J connectivity index is 2.49. The van der Waals surface area contributed by atoms with E-state index in [1.165, 1.54) is 44.9 Å². The zero-order valence-electron chi connectivity index (χ0n) is 11.8. The van der Waals surface area contributed by atoms with E-state index in [9.17, 15) is 4.79 Å². The van der Waals surface area contributed by atoms with Crippen molar-refractivity contribution in [2.75, 3.05) is 0 Å². The first-order valence-corrected chi connectivity index (χ1v) is 8.07. The van der Waals surface area contributed by atoms with E-state index in [4.69, 9.17) is 4.43 Å². The molecular formula is C14H28O2Si. The van der Waals surface area contributed by atoms with Gasteiger partial charge >= 0.3 is 0 Å². The van der Waals surface area contributed by atoms with Crippen molar-refractivity contribution in [2.45, 2.75) is 71.6 Å². The molecule has 0 heterocycles. The van der Waals surface area contributed by atoms with Gasteiger partial charge in [-0.05, 0) is 37.0 Å². The van der Waals surface area contributed by atoms with Crippen LogP contribution >= 0.6 is 0 Å². The highest BCUT2D eigenvalue weighted by Crippen LogP contribution is 2.47. The molecule has 0 aliphatic heterocycles. The molecule has 1 aliphatic rings. The van der Waals surface area contributed by atoms with E-state index in [-0.39, 0.29) is 5.97 Å². The summed E-state index contributed by atoms with van der Waals surface area (Å²) in [5.74, 6) is 0.911. The van der Waals surface area contributed by atoms with Crippen LogP contribution in [0.2, 0.25) is 0 Å². The molecule has 0 spiro atoms. The van der Waals surface area contributed by atoms with Crippen LogP contribution in [-0.4, -0.2) is 16.5 Å². The van der Waals surface area contributed by atoms with Crippen LogP contribution in [0.3, 0.4) is 0 Å². The molecule has 3 heteroatoms. The highest BCUT2D eigenvalue weighted by Gasteiger charge is 2.36. The molecule has 1 fully saturated rings. The van der Waals surface area contributed by atoms with Gasteiger partial charge in [0.15, 0.2) is 0 Å². The van der Waals surface area contributed by atoms with Crippen molar-refractivity contribution in [2.24, 2.45) is 11.3 Å². The zero-order chi connectivity index (χ0) is 12.7. The highest BCUT2D eigenvalue weighted by atomic mass is 28.2. The lowest BCUT2D eigenvalue weighted by atomic mass is 9.67. The van der Waals surface area contributed by atoms with Gasteiger partial charge in [-0.3, -0.25) is 4.79 Å². The SMILES string of the molecule is CCC(CC)(CCCC(=O)O[SiH3])C1CCCC1. The lowest BCUT2D eigenvalue weighted by molar-refractivity contribution is -0.134. The molecule has 0 saturated heterocycles. The van der Waals surface area contributed by atoms with Crippen LogP contribution in [0.25, 0.3) is 0 Å². The van der Waals surface area contributed by atoms with E-state index in [2.05, 4.69) is 13.8 Å². The van der Waals surface area contributed by atoms with Crippen LogP contribution in [0.1, 0.15) is 71.6 Å². The minimum absolute atomic E-state index is 0.00388. The Morgan fingerprint density at radius 1 is 1.29 bits per heavy atom. The average Bonchev–Trinajstić information content (AvgIpc) is 2.89. The summed E-state index contributed by atoms with van der Waals surface area (Å²) in [5, 5.41) is 0. The van der Waals surface area contributed by atoms with Gasteiger partial charge in [0.2, 0.25) is 10.5 Å². The molecule has 0 aromatic heterocycles. The number of carbonyl (C=O) groups excluding carboxylic acids is 1. The van der Waals surface area contributed by atoms with E-state index < -0.39 is 0 Å². The molecule has 2 nitrogen and oxygen atoms in total. The van der Waals surface area contributed by atoms with Crippen LogP contribution in [0, 0.1) is 11.3 Å². The summed E-state index contributed by atoms with van der Waals surface area (Å²) in [5.41, 5.74) is 0.502. The Hall–Kier alpha value is -0.313. The van der Waals surface area contributed by atoms with E-state index in [0.29, 0.717) is 22.3 Å². The van der Waals surface area contributed by atoms with Gasteiger partial charge < -0.3 is 4.43 Å². The summed E-state index contributed by atoms with van der Waals surface area (Å²) in [6.07, 6.45) is 11.0. The molecule has 17 heavy (non-hydrogen) atoms. The Bertz CT molecular complexity index is 230. The van der Waals surface area contributed by atoms with Gasteiger partial charge in [0, 0.05) is 6.42 Å². The minimum atomic E-state index is 0.00388. The van der Waals surface area contributed by atoms with Crippen molar-refractivity contribution >= 4 is 16.5 Å². The molecule has 0 N–H and O–H groups in total. The third-order valence-electron chi connectivity index (χ3n) is 4.91. The predicted octanol–water partition coefficient (Wildman–Crippen LogP) is 2.98. The van der Waals surface area contributed by atoms with Gasteiger partial charge in [0.05, 0.1) is 0 Å². The standard InChI is InChI=1S/C14H28O2Si/c1-3-14(4-2,12-8-5-6-9-12)11-7-10-13(15)16-17/h12H,3-11H2,1-2,17H3. The van der Waals surface area contributed by atoms with Crippen LogP contribution in [0.15, 0.2) is 0 Å². The van der Waals surface area contributed by atoms with E-state index >= 15 is 0 Å². The fourth-order valence-electron chi connectivity index (χ4n) is 3.61. The molecule has 0 unspecified atom stereocenters. The van der Waals surface area contributed by atoms with Crippen LogP contribution in [-0.2, 0) is 9.22 Å². The molecule has 1 saturated carbocycles. The quantitative estimate of drug-likeness (QED) is 0.655. The first kappa shape index (κ1) is 14.7. The van der Waals surface area contributed by atoms with Crippen molar-refractivity contribution in [3.63, 3.8) is 0 Å². The normalized spacial score (nSPS) is 17.5. The first-order chi connectivity index (χ1) is 8.18. The summed E-state index contributed by atoms with van der Waals surface area (Å²) >= 11 is 0. The lowest BCUT2D eigenvalue weighted by Gasteiger charge is -2.38. The van der Waals surface area contributed by atoms with E-state index in [1.807, 2.05) is 0 Å². The second-order valence-corrected chi connectivity index (χ2v) is 5.89. The first-order valence-electron chi connectivity index (χ1n) is 7.25. The molecule has 0 radical (unpaired) electrons. The van der Waals surface area contributed by atoms with E-state index in [0.717, 1.165) is 12.3 Å². The monoisotopic (exact) mass is 256 g/mol. The Kier molecular flexibility index (Phi) is 6.24. The average molecular weight is 256 g/mol. The molecule has 0 amide bonds. The third-order valence-corrected chi connectivity index (χ3v) is 5.37. The summed E-state index contributed by atoms with van der Waals surface area (Å²) in [6.45, 7) is 4.65. The molecular weight excluding hydrogens is 228 g/mol. The second kappa shape index (κ2) is 7.19. The maximum Gasteiger partial charge on any atom is 0.291 e. The summed E-state index contributed by atoms with van der Waals surface area (Å²) in [6, 6.07) is 0. The van der Waals surface area contributed by atoms with Crippen molar-refractivity contribution in [3.05, 3.63) is 0 Å². The minimum Gasteiger partial charge on any atom is -0.529 e. The zero-order valence-corrected chi connectivity index (χ0v) is 13.8. The summed E-state index contributed by atoms with van der Waals surface area (Å²) < 4.78 is 4.86. The molecule has 0 bridgehead atoms. The van der Waals surface area contributed by atoms with Gasteiger partial charge in [-0.25, -0.2) is 0 Å². The maximum absolute atomic E-state index is 11.2. The smallest absolute Gasteiger partial charge is 0.291 e. The Morgan fingerprint density at radius 3 is 2.35 bits per heavy atom. The largest absolute Gasteiger partial charge is 0.529 e. The van der Waals surface area contributed by atoms with Crippen LogP contribution in [0.5, 0.6) is 0 Å². The van der Waals surface area contributed by atoms with Gasteiger partial charge in [-0.15, -0.1) is 0 Å². The highest BCUT2D eigenvalue weighted by molar-refractivity contribution is 6.05. The lowest BCUT2D eigenvalue weighted by Crippen LogP contribution is -2.28. The van der Waals surface area contributed by atoms with Crippen LogP contribution < -0.4 is 0 Å². The molecule has 0 atom stereocenters. The van der Waals surface area contributed by atoms with Crippen LogP contribution in [0.4, 0.5) is 0 Å². The van der Waals surface area contributed by atoms with Crippen molar-refractivity contribution in [1.29, 1.82) is 0 Å². The number of carbonyl (C=O) groups is 1. The topological polar surface area (TPSA) is 26.3 Å². The Labute approximate surface area is 109 Å². The van der Waals surface area contributed by atoms with E-state index in [1.54, 1.807) is 0 Å². The number of rotatable bonds is 7. The molecule has 0 aromatic rings. The van der Waals surface area contributed by atoms with Crippen molar-refractivity contribution < 1.29 is 9.22 Å².